The van der Waals surface area contributed by atoms with E-state index in [4.69, 9.17) is 0 Å². The van der Waals surface area contributed by atoms with Crippen LogP contribution in [-0.2, 0) is 17.8 Å². The summed E-state index contributed by atoms with van der Waals surface area (Å²) >= 11 is 1.66. The highest BCUT2D eigenvalue weighted by molar-refractivity contribution is 7.11. The number of nitrogens with one attached hydrogen (secondary N) is 2. The molecule has 1 amide bonds. The summed E-state index contributed by atoms with van der Waals surface area (Å²) in [5, 5.41) is 7.10. The van der Waals surface area contributed by atoms with Crippen LogP contribution in [0.1, 0.15) is 22.5 Å². The second kappa shape index (κ2) is 6.87. The molecule has 1 aromatic rings. The molecule has 1 aliphatic heterocycles. The van der Waals surface area contributed by atoms with Gasteiger partial charge in [0.2, 0.25) is 5.91 Å². The maximum absolute atomic E-state index is 11.8. The first-order valence-electron chi connectivity index (χ1n) is 5.83. The molecule has 0 aromatic carbocycles. The number of nitrogens with zero attached hydrogens (tertiary/aromatic N) is 1. The lowest BCUT2D eigenvalue weighted by atomic mass is 10.2. The van der Waals surface area contributed by atoms with Gasteiger partial charge in [-0.15, -0.1) is 23.7 Å². The topological polar surface area (TPSA) is 54.0 Å². The number of hydrogen-bond donors (Lipinski definition) is 2. The molecule has 0 spiro atoms. The minimum atomic E-state index is -0.172. The molecule has 6 heteroatoms. The molecular weight excluding hydrogens is 270 g/mol. The molecule has 0 bridgehead atoms. The normalized spacial score (nSPS) is 17.6. The standard InChI is InChI=1S/C12H17N3OS.ClH/c1-3-9-11(17-8(2)15-9)7-14-12(16)10-5-4-6-13-10;/h4-5,10,13H,3,6-7H2,1-2H3,(H,14,16);1H. The van der Waals surface area contributed by atoms with Crippen molar-refractivity contribution in [2.45, 2.75) is 32.9 Å². The van der Waals surface area contributed by atoms with E-state index in [0.717, 1.165) is 23.7 Å². The average Bonchev–Trinajstić information content (AvgIpc) is 2.94. The zero-order valence-electron chi connectivity index (χ0n) is 10.5. The fraction of sp³-hybridized carbons (Fsp3) is 0.500. The Balaban J connectivity index is 0.00000162. The average molecular weight is 288 g/mol. The fourth-order valence-electron chi connectivity index (χ4n) is 1.85. The highest BCUT2D eigenvalue weighted by Gasteiger charge is 2.17. The molecular formula is C12H18ClN3OS. The molecule has 1 unspecified atom stereocenters. The summed E-state index contributed by atoms with van der Waals surface area (Å²) in [6, 6.07) is -0.172. The Morgan fingerprint density at radius 2 is 2.44 bits per heavy atom. The molecule has 0 saturated heterocycles. The molecule has 0 radical (unpaired) electrons. The molecule has 2 N–H and O–H groups in total. The van der Waals surface area contributed by atoms with Crippen molar-refractivity contribution in [3.8, 4) is 0 Å². The molecule has 2 heterocycles. The Morgan fingerprint density at radius 1 is 1.67 bits per heavy atom. The monoisotopic (exact) mass is 287 g/mol. The molecule has 1 aromatic heterocycles. The van der Waals surface area contributed by atoms with Crippen molar-refractivity contribution in [3.05, 3.63) is 27.7 Å². The van der Waals surface area contributed by atoms with E-state index in [9.17, 15) is 4.79 Å². The van der Waals surface area contributed by atoms with Gasteiger partial charge in [0.25, 0.3) is 0 Å². The zero-order valence-corrected chi connectivity index (χ0v) is 12.2. The van der Waals surface area contributed by atoms with Crippen LogP contribution in [0.15, 0.2) is 12.2 Å². The van der Waals surface area contributed by atoms with E-state index in [1.807, 2.05) is 19.1 Å². The Kier molecular flexibility index (Phi) is 5.78. The predicted molar refractivity (Wildman–Crippen MR) is 76.3 cm³/mol. The molecule has 100 valence electrons. The molecule has 1 aliphatic rings. The minimum absolute atomic E-state index is 0. The highest BCUT2D eigenvalue weighted by Crippen LogP contribution is 2.18. The van der Waals surface area contributed by atoms with Crippen LogP contribution < -0.4 is 10.6 Å². The third-order valence-corrected chi connectivity index (χ3v) is 3.72. The van der Waals surface area contributed by atoms with Crippen molar-refractivity contribution >= 4 is 29.7 Å². The lowest BCUT2D eigenvalue weighted by Gasteiger charge is -2.09. The number of aromatic nitrogens is 1. The summed E-state index contributed by atoms with van der Waals surface area (Å²) in [5.74, 6) is 0.0341. The molecule has 2 rings (SSSR count). The second-order valence-electron chi connectivity index (χ2n) is 3.99. The van der Waals surface area contributed by atoms with Crippen LogP contribution in [0.2, 0.25) is 0 Å². The van der Waals surface area contributed by atoms with Gasteiger partial charge in [0.05, 0.1) is 17.2 Å². The highest BCUT2D eigenvalue weighted by atomic mass is 35.5. The van der Waals surface area contributed by atoms with E-state index < -0.39 is 0 Å². The summed E-state index contributed by atoms with van der Waals surface area (Å²) in [6.07, 6.45) is 4.78. The second-order valence-corrected chi connectivity index (χ2v) is 5.28. The van der Waals surface area contributed by atoms with Gasteiger partial charge < -0.3 is 5.32 Å². The van der Waals surface area contributed by atoms with Crippen molar-refractivity contribution in [2.75, 3.05) is 6.54 Å². The Bertz CT molecular complexity index is 445. The van der Waals surface area contributed by atoms with Gasteiger partial charge in [-0.1, -0.05) is 19.1 Å². The third kappa shape index (κ3) is 3.54. The maximum Gasteiger partial charge on any atom is 0.241 e. The van der Waals surface area contributed by atoms with E-state index in [1.54, 1.807) is 11.3 Å². The number of carbonyl (C=O) groups excluding carboxylic acids is 1. The first kappa shape index (κ1) is 15.1. The van der Waals surface area contributed by atoms with Crippen LogP contribution in [-0.4, -0.2) is 23.5 Å². The van der Waals surface area contributed by atoms with E-state index in [0.29, 0.717) is 6.54 Å². The van der Waals surface area contributed by atoms with Crippen molar-refractivity contribution in [2.24, 2.45) is 0 Å². The Hall–Kier alpha value is -0.910. The number of rotatable bonds is 4. The van der Waals surface area contributed by atoms with Crippen LogP contribution in [0.4, 0.5) is 0 Å². The van der Waals surface area contributed by atoms with Crippen molar-refractivity contribution < 1.29 is 4.79 Å². The lowest BCUT2D eigenvalue weighted by molar-refractivity contribution is -0.122. The molecule has 0 aliphatic carbocycles. The predicted octanol–water partition coefficient (Wildman–Crippen LogP) is 1.58. The first-order chi connectivity index (χ1) is 8.20. The molecule has 4 nitrogen and oxygen atoms in total. The van der Waals surface area contributed by atoms with E-state index in [1.165, 1.54) is 4.88 Å². The minimum Gasteiger partial charge on any atom is -0.349 e. The van der Waals surface area contributed by atoms with Gasteiger partial charge in [-0.2, -0.15) is 0 Å². The lowest BCUT2D eigenvalue weighted by Crippen LogP contribution is -2.40. The van der Waals surface area contributed by atoms with Gasteiger partial charge in [0.1, 0.15) is 6.04 Å². The Morgan fingerprint density at radius 3 is 3.06 bits per heavy atom. The number of aryl methyl sites for hydroxylation is 2. The van der Waals surface area contributed by atoms with Gasteiger partial charge in [0.15, 0.2) is 0 Å². The largest absolute Gasteiger partial charge is 0.349 e. The molecule has 0 fully saturated rings. The third-order valence-electron chi connectivity index (χ3n) is 2.71. The number of carbonyl (C=O) groups is 1. The van der Waals surface area contributed by atoms with Crippen LogP contribution in [0.3, 0.4) is 0 Å². The van der Waals surface area contributed by atoms with Crippen LogP contribution in [0, 0.1) is 6.92 Å². The quantitative estimate of drug-likeness (QED) is 0.827. The van der Waals surface area contributed by atoms with Gasteiger partial charge in [-0.3, -0.25) is 10.1 Å². The van der Waals surface area contributed by atoms with Gasteiger partial charge in [-0.05, 0) is 13.3 Å². The van der Waals surface area contributed by atoms with Crippen molar-refractivity contribution in [1.82, 2.24) is 15.6 Å². The van der Waals surface area contributed by atoms with Gasteiger partial charge in [0, 0.05) is 11.4 Å². The number of hydrogen-bond acceptors (Lipinski definition) is 4. The van der Waals surface area contributed by atoms with E-state index in [2.05, 4.69) is 22.5 Å². The smallest absolute Gasteiger partial charge is 0.241 e. The van der Waals surface area contributed by atoms with E-state index >= 15 is 0 Å². The summed E-state index contributed by atoms with van der Waals surface area (Å²) in [7, 11) is 0. The van der Waals surface area contributed by atoms with Crippen molar-refractivity contribution in [1.29, 1.82) is 0 Å². The van der Waals surface area contributed by atoms with Crippen LogP contribution >= 0.6 is 23.7 Å². The number of thiazole rings is 1. The Labute approximate surface area is 117 Å². The van der Waals surface area contributed by atoms with Gasteiger partial charge in [-0.25, -0.2) is 4.98 Å². The first-order valence-corrected chi connectivity index (χ1v) is 6.65. The molecule has 18 heavy (non-hydrogen) atoms. The molecule has 0 saturated carbocycles. The van der Waals surface area contributed by atoms with Crippen LogP contribution in [0.25, 0.3) is 0 Å². The van der Waals surface area contributed by atoms with Gasteiger partial charge >= 0.3 is 0 Å². The number of amides is 1. The maximum atomic E-state index is 11.8. The van der Waals surface area contributed by atoms with Crippen LogP contribution in [0.5, 0.6) is 0 Å². The summed E-state index contributed by atoms with van der Waals surface area (Å²) < 4.78 is 0. The SMILES string of the molecule is CCc1nc(C)sc1CNC(=O)C1C=CCN1.Cl. The summed E-state index contributed by atoms with van der Waals surface area (Å²) in [4.78, 5) is 17.4. The van der Waals surface area contributed by atoms with Crippen molar-refractivity contribution in [3.63, 3.8) is 0 Å². The zero-order chi connectivity index (χ0) is 12.3. The number of halogens is 1. The summed E-state index contributed by atoms with van der Waals surface area (Å²) in [6.45, 7) is 5.44. The van der Waals surface area contributed by atoms with E-state index in [-0.39, 0.29) is 24.4 Å². The molecule has 1 atom stereocenters. The summed E-state index contributed by atoms with van der Waals surface area (Å²) in [5.41, 5.74) is 1.10. The fourth-order valence-corrected chi connectivity index (χ4v) is 2.82.